The summed E-state index contributed by atoms with van der Waals surface area (Å²) in [6.45, 7) is 3.82. The van der Waals surface area contributed by atoms with E-state index in [0.29, 0.717) is 18.7 Å². The number of carbonyl (C=O) groups is 1. The van der Waals surface area contributed by atoms with E-state index in [1.165, 1.54) is 16.8 Å². The number of halogens is 3. The molecule has 170 valence electrons. The topological polar surface area (TPSA) is 107 Å². The maximum absolute atomic E-state index is 12.9. The van der Waals surface area contributed by atoms with Crippen molar-refractivity contribution in [3.63, 3.8) is 0 Å². The SMILES string of the molecule is CCN(C(=O)[C@@H](C)Sc1nnnn1-c1ccc(OC(F)(F)F)cc1)[C@H]1CCS(=O)(=O)C1. The van der Waals surface area contributed by atoms with Crippen LogP contribution < -0.4 is 4.74 Å². The minimum Gasteiger partial charge on any atom is -0.406 e. The molecule has 1 saturated heterocycles. The first-order valence-electron chi connectivity index (χ1n) is 9.31. The number of amides is 1. The molecule has 0 aliphatic carbocycles. The van der Waals surface area contributed by atoms with E-state index < -0.39 is 21.4 Å². The van der Waals surface area contributed by atoms with E-state index in [2.05, 4.69) is 20.3 Å². The van der Waals surface area contributed by atoms with Crippen LogP contribution in [0, 0.1) is 0 Å². The Bertz CT molecular complexity index is 1030. The Morgan fingerprint density at radius 1 is 1.35 bits per heavy atom. The number of carbonyl (C=O) groups excluding carboxylic acids is 1. The second kappa shape index (κ2) is 9.02. The Morgan fingerprint density at radius 2 is 2.03 bits per heavy atom. The molecule has 1 aromatic heterocycles. The normalized spacial score (nSPS) is 19.2. The van der Waals surface area contributed by atoms with E-state index in [1.807, 2.05) is 0 Å². The Morgan fingerprint density at radius 3 is 2.58 bits per heavy atom. The zero-order chi connectivity index (χ0) is 22.8. The number of tetrazole rings is 1. The van der Waals surface area contributed by atoms with Gasteiger partial charge in [0.15, 0.2) is 9.84 Å². The average Bonchev–Trinajstić information content (AvgIpc) is 3.27. The highest BCUT2D eigenvalue weighted by Gasteiger charge is 2.36. The van der Waals surface area contributed by atoms with E-state index in [4.69, 9.17) is 0 Å². The number of sulfone groups is 1. The molecule has 14 heteroatoms. The molecule has 1 aliphatic heterocycles. The van der Waals surface area contributed by atoms with Gasteiger partial charge in [0.05, 0.1) is 22.4 Å². The van der Waals surface area contributed by atoms with E-state index in [-0.39, 0.29) is 34.4 Å². The lowest BCUT2D eigenvalue weighted by Crippen LogP contribution is -2.44. The van der Waals surface area contributed by atoms with Crippen molar-refractivity contribution in [3.05, 3.63) is 24.3 Å². The molecular weight excluding hydrogens is 459 g/mol. The van der Waals surface area contributed by atoms with Crippen molar-refractivity contribution < 1.29 is 31.1 Å². The maximum atomic E-state index is 12.9. The van der Waals surface area contributed by atoms with Gasteiger partial charge >= 0.3 is 6.36 Å². The Balaban J connectivity index is 1.71. The van der Waals surface area contributed by atoms with Crippen LogP contribution in [0.25, 0.3) is 5.69 Å². The van der Waals surface area contributed by atoms with E-state index in [9.17, 15) is 26.4 Å². The van der Waals surface area contributed by atoms with Gasteiger partial charge < -0.3 is 9.64 Å². The minimum atomic E-state index is -4.79. The number of hydrogen-bond donors (Lipinski definition) is 0. The average molecular weight is 480 g/mol. The molecule has 0 saturated carbocycles. The fourth-order valence-corrected chi connectivity index (χ4v) is 5.87. The van der Waals surface area contributed by atoms with Crippen molar-refractivity contribution in [2.24, 2.45) is 0 Å². The summed E-state index contributed by atoms with van der Waals surface area (Å²) in [6.07, 6.45) is -4.39. The number of nitrogens with zero attached hydrogens (tertiary/aromatic N) is 5. The van der Waals surface area contributed by atoms with Crippen LogP contribution in [0.3, 0.4) is 0 Å². The van der Waals surface area contributed by atoms with Gasteiger partial charge in [-0.3, -0.25) is 4.79 Å². The molecule has 1 fully saturated rings. The number of aromatic nitrogens is 4. The molecule has 2 aromatic rings. The van der Waals surface area contributed by atoms with Gasteiger partial charge in [0.25, 0.3) is 0 Å². The van der Waals surface area contributed by atoms with Crippen LogP contribution in [0.4, 0.5) is 13.2 Å². The first-order valence-corrected chi connectivity index (χ1v) is 12.0. The van der Waals surface area contributed by atoms with Crippen molar-refractivity contribution in [2.75, 3.05) is 18.1 Å². The Kier molecular flexibility index (Phi) is 6.79. The van der Waals surface area contributed by atoms with Crippen LogP contribution in [-0.4, -0.2) is 75.1 Å². The highest BCUT2D eigenvalue weighted by atomic mass is 32.2. The molecule has 0 spiro atoms. The molecule has 9 nitrogen and oxygen atoms in total. The molecule has 2 atom stereocenters. The molecule has 0 N–H and O–H groups in total. The lowest BCUT2D eigenvalue weighted by molar-refractivity contribution is -0.274. The van der Waals surface area contributed by atoms with Crippen molar-refractivity contribution >= 4 is 27.5 Å². The van der Waals surface area contributed by atoms with Crippen molar-refractivity contribution in [3.8, 4) is 11.4 Å². The monoisotopic (exact) mass is 479 g/mol. The molecule has 2 heterocycles. The molecule has 3 rings (SSSR count). The number of rotatable bonds is 7. The summed E-state index contributed by atoms with van der Waals surface area (Å²) in [4.78, 5) is 14.5. The predicted octanol–water partition coefficient (Wildman–Crippen LogP) is 2.08. The van der Waals surface area contributed by atoms with Crippen LogP contribution in [0.5, 0.6) is 5.75 Å². The van der Waals surface area contributed by atoms with Gasteiger partial charge in [-0.25, -0.2) is 8.42 Å². The molecule has 31 heavy (non-hydrogen) atoms. The fourth-order valence-electron chi connectivity index (χ4n) is 3.26. The van der Waals surface area contributed by atoms with E-state index >= 15 is 0 Å². The van der Waals surface area contributed by atoms with Crippen LogP contribution >= 0.6 is 11.8 Å². The zero-order valence-electron chi connectivity index (χ0n) is 16.6. The fraction of sp³-hybridized carbons (Fsp3) is 0.529. The highest BCUT2D eigenvalue weighted by Crippen LogP contribution is 2.28. The summed E-state index contributed by atoms with van der Waals surface area (Å²) in [5.74, 6) is -0.603. The molecule has 1 amide bonds. The standard InChI is InChI=1S/C17H20F3N5O4S2/c1-3-24(13-8-9-31(27,28)10-13)15(26)11(2)30-16-21-22-23-25(16)12-4-6-14(7-5-12)29-17(18,19)20/h4-7,11,13H,3,8-10H2,1-2H3/t11-,13+/m1/s1. The molecule has 0 unspecified atom stereocenters. The van der Waals surface area contributed by atoms with Crippen LogP contribution in [0.15, 0.2) is 29.4 Å². The van der Waals surface area contributed by atoms with Gasteiger partial charge in [0.2, 0.25) is 11.1 Å². The van der Waals surface area contributed by atoms with Gasteiger partial charge in [0.1, 0.15) is 5.75 Å². The summed E-state index contributed by atoms with van der Waals surface area (Å²) in [5.41, 5.74) is 0.385. The van der Waals surface area contributed by atoms with Crippen LogP contribution in [0.2, 0.25) is 0 Å². The number of benzene rings is 1. The summed E-state index contributed by atoms with van der Waals surface area (Å²) in [5, 5.41) is 11.0. The molecule has 1 aromatic carbocycles. The van der Waals surface area contributed by atoms with E-state index in [1.54, 1.807) is 18.7 Å². The van der Waals surface area contributed by atoms with Crippen molar-refractivity contribution in [2.45, 2.75) is 43.1 Å². The van der Waals surface area contributed by atoms with Crippen molar-refractivity contribution in [1.82, 2.24) is 25.1 Å². The third kappa shape index (κ3) is 5.87. The number of thioether (sulfide) groups is 1. The zero-order valence-corrected chi connectivity index (χ0v) is 18.2. The van der Waals surface area contributed by atoms with Gasteiger partial charge in [-0.05, 0) is 55.0 Å². The molecule has 1 aliphatic rings. The highest BCUT2D eigenvalue weighted by molar-refractivity contribution is 8.00. The number of hydrogen-bond acceptors (Lipinski definition) is 8. The van der Waals surface area contributed by atoms with Gasteiger partial charge in [-0.2, -0.15) is 4.68 Å². The maximum Gasteiger partial charge on any atom is 0.573 e. The smallest absolute Gasteiger partial charge is 0.406 e. The number of alkyl halides is 3. The largest absolute Gasteiger partial charge is 0.573 e. The molecular formula is C17H20F3N5O4S2. The van der Waals surface area contributed by atoms with Crippen molar-refractivity contribution in [1.29, 1.82) is 0 Å². The lowest BCUT2D eigenvalue weighted by Gasteiger charge is -2.29. The summed E-state index contributed by atoms with van der Waals surface area (Å²) in [6, 6.07) is 4.62. The summed E-state index contributed by atoms with van der Waals surface area (Å²) in [7, 11) is -3.14. The molecule has 0 bridgehead atoms. The molecule has 0 radical (unpaired) electrons. The minimum absolute atomic E-state index is 0.0476. The predicted molar refractivity (Wildman–Crippen MR) is 106 cm³/mol. The van der Waals surface area contributed by atoms with Crippen LogP contribution in [0.1, 0.15) is 20.3 Å². The van der Waals surface area contributed by atoms with E-state index in [0.717, 1.165) is 23.9 Å². The second-order valence-corrected chi connectivity index (χ2v) is 10.4. The summed E-state index contributed by atoms with van der Waals surface area (Å²) < 4.78 is 65.6. The Labute approximate surface area is 180 Å². The van der Waals surface area contributed by atoms with Gasteiger partial charge in [-0.1, -0.05) is 11.8 Å². The quantitative estimate of drug-likeness (QED) is 0.556. The lowest BCUT2D eigenvalue weighted by atomic mass is 10.2. The summed E-state index contributed by atoms with van der Waals surface area (Å²) >= 11 is 1.07. The first-order chi connectivity index (χ1) is 14.5. The Hall–Kier alpha value is -2.35. The first kappa shape index (κ1) is 23.3. The third-order valence-electron chi connectivity index (χ3n) is 4.66. The van der Waals surface area contributed by atoms with Gasteiger partial charge in [0, 0.05) is 12.6 Å². The third-order valence-corrected chi connectivity index (χ3v) is 7.43. The number of ether oxygens (including phenoxy) is 1. The van der Waals surface area contributed by atoms with Crippen LogP contribution in [-0.2, 0) is 14.6 Å². The second-order valence-electron chi connectivity index (χ2n) is 6.86. The van der Waals surface area contributed by atoms with Gasteiger partial charge in [-0.15, -0.1) is 18.3 Å².